The lowest BCUT2D eigenvalue weighted by atomic mass is 10.3. The molecular formula is C11H20N2Si. The standard InChI is InChI=1S/C11H20N2Si/c1-14(11(13)8-5-9-12)10-6-3-2-4-7-10/h2-4,6-7,11,14H,5,8-9,12-13H2,1H3. The van der Waals surface area contributed by atoms with Crippen LogP contribution in [0.5, 0.6) is 0 Å². The fraction of sp³-hybridized carbons (Fsp3) is 0.455. The van der Waals surface area contributed by atoms with Gasteiger partial charge in [0.1, 0.15) is 0 Å². The summed E-state index contributed by atoms with van der Waals surface area (Å²) in [7, 11) is -0.964. The molecule has 1 aromatic carbocycles. The third kappa shape index (κ3) is 3.25. The molecule has 0 aliphatic heterocycles. The Bertz CT molecular complexity index is 251. The highest BCUT2D eigenvalue weighted by Gasteiger charge is 2.15. The third-order valence-electron chi connectivity index (χ3n) is 2.71. The van der Waals surface area contributed by atoms with Crippen LogP contribution in [0, 0.1) is 0 Å². The zero-order valence-electron chi connectivity index (χ0n) is 8.82. The molecule has 2 unspecified atom stereocenters. The summed E-state index contributed by atoms with van der Waals surface area (Å²) in [6, 6.07) is 10.6. The van der Waals surface area contributed by atoms with Crippen molar-refractivity contribution in [3.05, 3.63) is 30.3 Å². The molecule has 0 saturated heterocycles. The molecule has 14 heavy (non-hydrogen) atoms. The Kier molecular flexibility index (Phi) is 4.86. The normalized spacial score (nSPS) is 15.1. The summed E-state index contributed by atoms with van der Waals surface area (Å²) in [5.74, 6) is 0. The Hall–Kier alpha value is -0.643. The number of hydrogen-bond acceptors (Lipinski definition) is 2. The van der Waals surface area contributed by atoms with Gasteiger partial charge < -0.3 is 11.5 Å². The smallest absolute Gasteiger partial charge is 0.0859 e. The lowest BCUT2D eigenvalue weighted by Crippen LogP contribution is -2.45. The van der Waals surface area contributed by atoms with Crippen molar-refractivity contribution in [2.24, 2.45) is 11.5 Å². The molecule has 1 aromatic rings. The number of nitrogens with two attached hydrogens (primary N) is 2. The molecule has 0 spiro atoms. The summed E-state index contributed by atoms with van der Waals surface area (Å²) in [5, 5.41) is 1.46. The van der Waals surface area contributed by atoms with Crippen molar-refractivity contribution < 1.29 is 0 Å². The van der Waals surface area contributed by atoms with Gasteiger partial charge in [-0.05, 0) is 25.1 Å². The molecule has 3 heteroatoms. The average Bonchev–Trinajstić information content (AvgIpc) is 2.26. The van der Waals surface area contributed by atoms with Crippen molar-refractivity contribution in [3.8, 4) is 0 Å². The van der Waals surface area contributed by atoms with Crippen molar-refractivity contribution in [2.75, 3.05) is 6.54 Å². The SMILES string of the molecule is C[SiH](c1ccccc1)C(N)CCCN. The molecule has 0 aliphatic rings. The average molecular weight is 208 g/mol. The second-order valence-corrected chi connectivity index (χ2v) is 6.89. The molecule has 4 N–H and O–H groups in total. The van der Waals surface area contributed by atoms with Crippen molar-refractivity contribution in [2.45, 2.75) is 25.1 Å². The van der Waals surface area contributed by atoms with Gasteiger partial charge in [-0.2, -0.15) is 0 Å². The molecule has 2 atom stereocenters. The minimum absolute atomic E-state index is 0.362. The highest BCUT2D eigenvalue weighted by atomic mass is 28.3. The van der Waals surface area contributed by atoms with E-state index < -0.39 is 8.80 Å². The van der Waals surface area contributed by atoms with Crippen LogP contribution in [-0.4, -0.2) is 21.0 Å². The van der Waals surface area contributed by atoms with Gasteiger partial charge in [-0.3, -0.25) is 0 Å². The van der Waals surface area contributed by atoms with E-state index in [2.05, 4.69) is 36.9 Å². The van der Waals surface area contributed by atoms with Gasteiger partial charge in [0, 0.05) is 0 Å². The minimum atomic E-state index is -0.964. The summed E-state index contributed by atoms with van der Waals surface area (Å²) in [4.78, 5) is 0. The second kappa shape index (κ2) is 5.96. The maximum Gasteiger partial charge on any atom is 0.0859 e. The van der Waals surface area contributed by atoms with E-state index in [1.165, 1.54) is 5.19 Å². The zero-order valence-corrected chi connectivity index (χ0v) is 9.97. The topological polar surface area (TPSA) is 52.0 Å². The van der Waals surface area contributed by atoms with Gasteiger partial charge in [0.25, 0.3) is 0 Å². The first-order valence-electron chi connectivity index (χ1n) is 5.26. The Morgan fingerprint density at radius 3 is 2.50 bits per heavy atom. The number of benzene rings is 1. The summed E-state index contributed by atoms with van der Waals surface area (Å²) in [5.41, 5.74) is 12.0. The van der Waals surface area contributed by atoms with Gasteiger partial charge in [-0.1, -0.05) is 42.1 Å². The van der Waals surface area contributed by atoms with Crippen molar-refractivity contribution >= 4 is 14.0 Å². The first-order chi connectivity index (χ1) is 6.75. The Labute approximate surface area is 87.9 Å². The molecule has 1 rings (SSSR count). The van der Waals surface area contributed by atoms with E-state index in [9.17, 15) is 0 Å². The quantitative estimate of drug-likeness (QED) is 0.686. The van der Waals surface area contributed by atoms with Crippen LogP contribution in [0.2, 0.25) is 6.55 Å². The number of hydrogen-bond donors (Lipinski definition) is 2. The largest absolute Gasteiger partial charge is 0.330 e. The highest BCUT2D eigenvalue weighted by molar-refractivity contribution is 6.73. The number of rotatable bonds is 5. The zero-order chi connectivity index (χ0) is 10.4. The van der Waals surface area contributed by atoms with Crippen molar-refractivity contribution in [1.29, 1.82) is 0 Å². The van der Waals surface area contributed by atoms with Gasteiger partial charge in [0.05, 0.1) is 8.80 Å². The van der Waals surface area contributed by atoms with Crippen LogP contribution in [0.15, 0.2) is 30.3 Å². The van der Waals surface area contributed by atoms with Crippen LogP contribution in [0.1, 0.15) is 12.8 Å². The Balaban J connectivity index is 2.52. The molecule has 0 amide bonds. The van der Waals surface area contributed by atoms with Crippen LogP contribution >= 0.6 is 0 Å². The lowest BCUT2D eigenvalue weighted by molar-refractivity contribution is 0.707. The predicted molar refractivity (Wildman–Crippen MR) is 65.4 cm³/mol. The Morgan fingerprint density at radius 1 is 1.29 bits per heavy atom. The van der Waals surface area contributed by atoms with E-state index in [1.54, 1.807) is 0 Å². The highest BCUT2D eigenvalue weighted by Crippen LogP contribution is 1.99. The third-order valence-corrected chi connectivity index (χ3v) is 5.76. The fourth-order valence-corrected chi connectivity index (χ4v) is 3.67. The van der Waals surface area contributed by atoms with E-state index in [1.807, 2.05) is 0 Å². The van der Waals surface area contributed by atoms with Crippen LogP contribution in [-0.2, 0) is 0 Å². The molecule has 0 heterocycles. The van der Waals surface area contributed by atoms with E-state index >= 15 is 0 Å². The molecule has 0 radical (unpaired) electrons. The van der Waals surface area contributed by atoms with Gasteiger partial charge in [-0.15, -0.1) is 0 Å². The van der Waals surface area contributed by atoms with Crippen LogP contribution in [0.3, 0.4) is 0 Å². The second-order valence-electron chi connectivity index (χ2n) is 3.79. The first-order valence-corrected chi connectivity index (χ1v) is 7.66. The van der Waals surface area contributed by atoms with Crippen molar-refractivity contribution in [3.63, 3.8) is 0 Å². The first kappa shape index (κ1) is 11.4. The van der Waals surface area contributed by atoms with Crippen LogP contribution in [0.4, 0.5) is 0 Å². The van der Waals surface area contributed by atoms with Crippen molar-refractivity contribution in [1.82, 2.24) is 0 Å². The summed E-state index contributed by atoms with van der Waals surface area (Å²) >= 11 is 0. The maximum atomic E-state index is 6.14. The molecule has 0 saturated carbocycles. The van der Waals surface area contributed by atoms with Gasteiger partial charge in [-0.25, -0.2) is 0 Å². The van der Waals surface area contributed by atoms with Crippen LogP contribution in [0.25, 0.3) is 0 Å². The molecule has 0 aliphatic carbocycles. The van der Waals surface area contributed by atoms with E-state index in [-0.39, 0.29) is 0 Å². The summed E-state index contributed by atoms with van der Waals surface area (Å²) in [6.45, 7) is 3.07. The Morgan fingerprint density at radius 2 is 1.93 bits per heavy atom. The maximum absolute atomic E-state index is 6.14. The summed E-state index contributed by atoms with van der Waals surface area (Å²) < 4.78 is 0. The molecule has 2 nitrogen and oxygen atoms in total. The van der Waals surface area contributed by atoms with E-state index in [4.69, 9.17) is 11.5 Å². The van der Waals surface area contributed by atoms with E-state index in [0.717, 1.165) is 19.4 Å². The molecule has 78 valence electrons. The molecule has 0 fully saturated rings. The van der Waals surface area contributed by atoms with Gasteiger partial charge in [0.2, 0.25) is 0 Å². The predicted octanol–water partition coefficient (Wildman–Crippen LogP) is 0.356. The summed E-state index contributed by atoms with van der Waals surface area (Å²) in [6.07, 6.45) is 2.12. The lowest BCUT2D eigenvalue weighted by Gasteiger charge is -2.18. The minimum Gasteiger partial charge on any atom is -0.330 e. The van der Waals surface area contributed by atoms with E-state index in [0.29, 0.717) is 5.67 Å². The van der Waals surface area contributed by atoms with Gasteiger partial charge >= 0.3 is 0 Å². The van der Waals surface area contributed by atoms with Gasteiger partial charge in [0.15, 0.2) is 0 Å². The monoisotopic (exact) mass is 208 g/mol. The molecule has 0 aromatic heterocycles. The van der Waals surface area contributed by atoms with Crippen LogP contribution < -0.4 is 16.7 Å². The molecular weight excluding hydrogens is 188 g/mol. The fourth-order valence-electron chi connectivity index (χ4n) is 1.61. The molecule has 0 bridgehead atoms.